The number of aliphatic hydroxyl groups excluding tert-OH is 1. The van der Waals surface area contributed by atoms with Crippen LogP contribution in [-0.4, -0.2) is 43.9 Å². The lowest BCUT2D eigenvalue weighted by molar-refractivity contribution is -0.146. The summed E-state index contributed by atoms with van der Waals surface area (Å²) >= 11 is 0. The van der Waals surface area contributed by atoms with Gasteiger partial charge in [-0.1, -0.05) is 19.1 Å². The van der Waals surface area contributed by atoms with Crippen molar-refractivity contribution < 1.29 is 28.3 Å². The molecule has 1 spiro atoms. The lowest BCUT2D eigenvalue weighted by Crippen LogP contribution is -2.45. The van der Waals surface area contributed by atoms with Crippen LogP contribution >= 0.6 is 0 Å². The number of carbonyl (C=O) groups is 3. The number of benzene rings is 4. The van der Waals surface area contributed by atoms with Crippen LogP contribution in [0.15, 0.2) is 91.0 Å². The van der Waals surface area contributed by atoms with Gasteiger partial charge in [0.2, 0.25) is 8.41 Å². The fourth-order valence-electron chi connectivity index (χ4n) is 7.23. The van der Waals surface area contributed by atoms with Crippen molar-refractivity contribution in [2.75, 3.05) is 33.6 Å². The third-order valence-electron chi connectivity index (χ3n) is 9.53. The fourth-order valence-corrected chi connectivity index (χ4v) is 9.77. The predicted molar refractivity (Wildman–Crippen MR) is 191 cm³/mol. The summed E-state index contributed by atoms with van der Waals surface area (Å²) in [7, 11) is -3.39. The molecule has 12 heteroatoms. The summed E-state index contributed by atoms with van der Waals surface area (Å²) in [6.45, 7) is 5.03. The number of nitrogen functional groups attached to an aromatic ring is 2. The van der Waals surface area contributed by atoms with Crippen molar-refractivity contribution >= 4 is 54.6 Å². The molecule has 4 atom stereocenters. The van der Waals surface area contributed by atoms with E-state index in [2.05, 4.69) is 10.6 Å². The third kappa shape index (κ3) is 6.42. The lowest BCUT2D eigenvalue weighted by atomic mass is 9.82. The Morgan fingerprint density at radius 2 is 1.41 bits per heavy atom. The van der Waals surface area contributed by atoms with Gasteiger partial charge in [-0.05, 0) is 104 Å². The van der Waals surface area contributed by atoms with E-state index in [1.165, 1.54) is 0 Å². The number of anilines is 5. The van der Waals surface area contributed by atoms with Gasteiger partial charge >= 0.3 is 0 Å². The van der Waals surface area contributed by atoms with Gasteiger partial charge in [-0.25, -0.2) is 0 Å². The topological polar surface area (TPSA) is 160 Å². The molecule has 254 valence electrons. The lowest BCUT2D eigenvalue weighted by Gasteiger charge is -2.31. The predicted octanol–water partition coefficient (Wildman–Crippen LogP) is 6.06. The quantitative estimate of drug-likeness (QED) is 0.0816. The molecule has 1 fully saturated rings. The van der Waals surface area contributed by atoms with Crippen molar-refractivity contribution in [2.24, 2.45) is 5.92 Å². The van der Waals surface area contributed by atoms with Crippen molar-refractivity contribution in [2.45, 2.75) is 50.2 Å². The number of aliphatic hydroxyl groups is 1. The summed E-state index contributed by atoms with van der Waals surface area (Å²) in [6.07, 6.45) is -0.475. The number of nitrogens with zero attached hydrogens (tertiary/aromatic N) is 1. The number of amides is 3. The Morgan fingerprint density at radius 3 is 1.94 bits per heavy atom. The highest BCUT2D eigenvalue weighted by molar-refractivity contribution is 6.72. The minimum atomic E-state index is -3.39. The van der Waals surface area contributed by atoms with Gasteiger partial charge in [0.05, 0.1) is 18.3 Å². The third-order valence-corrected chi connectivity index (χ3v) is 12.0. The highest BCUT2D eigenvalue weighted by Gasteiger charge is 2.66. The summed E-state index contributed by atoms with van der Waals surface area (Å²) in [4.78, 5) is 42.1. The first-order valence-corrected chi connectivity index (χ1v) is 19.1. The second-order valence-electron chi connectivity index (χ2n) is 13.3. The summed E-state index contributed by atoms with van der Waals surface area (Å²) in [6, 6.07) is 25.5. The first kappa shape index (κ1) is 33.8. The summed E-state index contributed by atoms with van der Waals surface area (Å²) in [5.41, 5.74) is 14.4. The summed E-state index contributed by atoms with van der Waals surface area (Å²) in [5.74, 6) is -1.52. The smallest absolute Gasteiger partial charge is 0.264 e. The van der Waals surface area contributed by atoms with Crippen molar-refractivity contribution in [3.63, 3.8) is 0 Å². The Hall–Kier alpha value is -5.04. The van der Waals surface area contributed by atoms with Crippen molar-refractivity contribution in [1.82, 2.24) is 0 Å². The van der Waals surface area contributed by atoms with Gasteiger partial charge in [0.25, 0.3) is 17.7 Å². The van der Waals surface area contributed by atoms with Gasteiger partial charge in [-0.3, -0.25) is 14.4 Å². The van der Waals surface area contributed by atoms with Crippen LogP contribution in [0.5, 0.6) is 0 Å². The zero-order valence-electron chi connectivity index (χ0n) is 27.6. The molecule has 7 N–H and O–H groups in total. The van der Waals surface area contributed by atoms with Crippen LogP contribution in [0, 0.1) is 5.92 Å². The van der Waals surface area contributed by atoms with Crippen LogP contribution in [0.4, 0.5) is 32.5 Å². The van der Waals surface area contributed by atoms with E-state index in [1.807, 2.05) is 19.1 Å². The van der Waals surface area contributed by atoms with Crippen LogP contribution in [0.3, 0.4) is 0 Å². The highest BCUT2D eigenvalue weighted by Crippen LogP contribution is 2.60. The Kier molecular flexibility index (Phi) is 9.05. The fraction of sp³-hybridized carbons (Fsp3) is 0.270. The van der Waals surface area contributed by atoms with Gasteiger partial charge in [-0.2, -0.15) is 0 Å². The van der Waals surface area contributed by atoms with E-state index in [0.29, 0.717) is 45.1 Å². The molecule has 2 heterocycles. The average Bonchev–Trinajstić information content (AvgIpc) is 3.48. The number of rotatable bonds is 9. The van der Waals surface area contributed by atoms with Crippen LogP contribution in [0.2, 0.25) is 18.6 Å². The van der Waals surface area contributed by atoms with Crippen LogP contribution in [-0.2, 0) is 21.7 Å². The first-order valence-electron chi connectivity index (χ1n) is 16.2. The molecule has 4 aromatic carbocycles. The first-order chi connectivity index (χ1) is 23.3. The van der Waals surface area contributed by atoms with Crippen LogP contribution < -0.4 is 27.0 Å². The number of halogens is 1. The minimum Gasteiger partial charge on any atom is -0.399 e. The number of fused-ring (bicyclic) bond motifs is 2. The molecule has 2 aliphatic rings. The van der Waals surface area contributed by atoms with Crippen LogP contribution in [0.1, 0.15) is 45.2 Å². The van der Waals surface area contributed by atoms with Gasteiger partial charge in [-0.15, -0.1) is 0 Å². The number of nitrogens with one attached hydrogen (secondary N) is 2. The van der Waals surface area contributed by atoms with Crippen molar-refractivity contribution in [1.29, 1.82) is 0 Å². The van der Waals surface area contributed by atoms with Gasteiger partial charge in [0.1, 0.15) is 0 Å². The summed E-state index contributed by atoms with van der Waals surface area (Å²) in [5, 5.41) is 15.7. The normalized spacial score (nSPS) is 21.5. The summed E-state index contributed by atoms with van der Waals surface area (Å²) < 4.78 is 22.6. The van der Waals surface area contributed by atoms with Gasteiger partial charge in [0, 0.05) is 57.5 Å². The highest BCUT2D eigenvalue weighted by atomic mass is 28.4. The van der Waals surface area contributed by atoms with Crippen molar-refractivity contribution in [3.8, 4) is 0 Å². The SMILES string of the molecule is C[C@@H]1[C@@H]([Si](C)(C)F)[C@H](CCO)O[C@@]12C(=O)N(Cc1ccc(NC(=O)c3ccc(N)cc3)cc1)c1ccc(NC(=O)c3ccc(N)cc3)cc12. The Labute approximate surface area is 285 Å². The zero-order chi connectivity index (χ0) is 35.1. The standard InChI is InChI=1S/C37H40FN5O5Si/c1-22-33(49(2,3)38)32(18-19-44)48-37(22)30-20-29(42-35(46)25-8-12-27(40)13-9-25)16-17-31(30)43(36(37)47)21-23-4-14-28(15-5-23)41-34(45)24-6-10-26(39)11-7-24/h4-17,20,22,32-33,44H,18-19,21,39-40H2,1-3H3,(H,41,45)(H,42,46)/t22-,32+,33-,37+/m1/s1. The molecule has 0 aliphatic carbocycles. The molecule has 4 aromatic rings. The second-order valence-corrected chi connectivity index (χ2v) is 17.1. The molecule has 0 radical (unpaired) electrons. The molecule has 2 aliphatic heterocycles. The van der Waals surface area contributed by atoms with E-state index in [9.17, 15) is 19.5 Å². The molecular formula is C37H40FN5O5Si. The molecule has 10 nitrogen and oxygen atoms in total. The monoisotopic (exact) mass is 681 g/mol. The maximum atomic E-state index is 16.0. The van der Waals surface area contributed by atoms with E-state index < -0.39 is 31.6 Å². The molecule has 49 heavy (non-hydrogen) atoms. The minimum absolute atomic E-state index is 0.179. The Bertz CT molecular complexity index is 1880. The average molecular weight is 682 g/mol. The van der Waals surface area contributed by atoms with E-state index in [1.54, 1.807) is 96.9 Å². The second kappa shape index (κ2) is 13.1. The largest absolute Gasteiger partial charge is 0.399 e. The van der Waals surface area contributed by atoms with Crippen molar-refractivity contribution in [3.05, 3.63) is 113 Å². The zero-order valence-corrected chi connectivity index (χ0v) is 28.6. The van der Waals surface area contributed by atoms with E-state index in [0.717, 1.165) is 5.56 Å². The molecule has 6 rings (SSSR count). The molecule has 3 amide bonds. The Balaban J connectivity index is 1.32. The van der Waals surface area contributed by atoms with E-state index in [4.69, 9.17) is 16.2 Å². The Morgan fingerprint density at radius 1 is 0.878 bits per heavy atom. The number of nitrogens with two attached hydrogens (primary N) is 2. The number of ether oxygens (including phenoxy) is 1. The maximum absolute atomic E-state index is 16.0. The van der Waals surface area contributed by atoms with E-state index >= 15 is 4.11 Å². The van der Waals surface area contributed by atoms with Crippen LogP contribution in [0.25, 0.3) is 0 Å². The molecule has 0 aromatic heterocycles. The van der Waals surface area contributed by atoms with E-state index in [-0.39, 0.29) is 37.3 Å². The molecule has 0 saturated carbocycles. The molecular weight excluding hydrogens is 642 g/mol. The number of carbonyl (C=O) groups excluding carboxylic acids is 3. The number of hydrogen-bond donors (Lipinski definition) is 5. The maximum Gasteiger partial charge on any atom is 0.264 e. The van der Waals surface area contributed by atoms with Gasteiger partial charge < -0.3 is 41.0 Å². The molecule has 1 saturated heterocycles. The molecule has 0 bridgehead atoms. The number of hydrogen-bond acceptors (Lipinski definition) is 7. The molecule has 0 unspecified atom stereocenters. The van der Waals surface area contributed by atoms with Gasteiger partial charge in [0.15, 0.2) is 5.60 Å².